The molecular formula is C18H26N4O8. The summed E-state index contributed by atoms with van der Waals surface area (Å²) in [6.07, 6.45) is 0.446. The first-order valence-electron chi connectivity index (χ1n) is 9.29. The zero-order valence-electron chi connectivity index (χ0n) is 17.3. The standard InChI is InChI=1S/C18H26N4O8/c1-19(9-10-23)16(27)11-21(3)17(28)12-20(2)13(24)5-4-6-18(29)30-22-14(25)7-8-15(22)26/h10H,4-9,11-12H2,1-3H3. The smallest absolute Gasteiger partial charge is 0.333 e. The second kappa shape index (κ2) is 11.6. The Morgan fingerprint density at radius 3 is 1.90 bits per heavy atom. The van der Waals surface area contributed by atoms with Crippen molar-refractivity contribution in [1.82, 2.24) is 19.8 Å². The lowest BCUT2D eigenvalue weighted by Gasteiger charge is -2.23. The summed E-state index contributed by atoms with van der Waals surface area (Å²) in [5.74, 6) is -3.25. The number of amides is 5. The third-order valence-electron chi connectivity index (χ3n) is 4.34. The molecule has 0 radical (unpaired) electrons. The summed E-state index contributed by atoms with van der Waals surface area (Å²) in [7, 11) is 4.25. The SMILES string of the molecule is CN(CC=O)C(=O)CN(C)C(=O)CN(C)C(=O)CCCC(=O)ON1C(=O)CCC1=O. The van der Waals surface area contributed by atoms with Crippen LogP contribution >= 0.6 is 0 Å². The zero-order valence-corrected chi connectivity index (χ0v) is 17.3. The van der Waals surface area contributed by atoms with E-state index in [0.717, 1.165) is 9.80 Å². The molecule has 0 aromatic rings. The number of rotatable bonds is 11. The Morgan fingerprint density at radius 1 is 0.867 bits per heavy atom. The normalized spacial score (nSPS) is 13.1. The van der Waals surface area contributed by atoms with E-state index in [1.807, 2.05) is 0 Å². The van der Waals surface area contributed by atoms with Gasteiger partial charge in [-0.2, -0.15) is 0 Å². The number of likely N-dealkylation sites (N-methyl/N-ethyl adjacent to an activating group) is 3. The third-order valence-corrected chi connectivity index (χ3v) is 4.34. The molecule has 12 nitrogen and oxygen atoms in total. The molecule has 0 N–H and O–H groups in total. The van der Waals surface area contributed by atoms with E-state index >= 15 is 0 Å². The molecule has 0 aliphatic carbocycles. The number of aldehydes is 1. The Kier molecular flexibility index (Phi) is 9.59. The average molecular weight is 426 g/mol. The molecule has 0 aromatic carbocycles. The number of hydrogen-bond donors (Lipinski definition) is 0. The maximum absolute atomic E-state index is 12.2. The van der Waals surface area contributed by atoms with E-state index in [2.05, 4.69) is 0 Å². The third kappa shape index (κ3) is 7.60. The van der Waals surface area contributed by atoms with Crippen LogP contribution in [0.25, 0.3) is 0 Å². The fourth-order valence-corrected chi connectivity index (χ4v) is 2.42. The first kappa shape index (κ1) is 24.7. The molecule has 0 spiro atoms. The average Bonchev–Trinajstić information content (AvgIpc) is 2.99. The van der Waals surface area contributed by atoms with Gasteiger partial charge in [-0.1, -0.05) is 0 Å². The molecule has 1 aliphatic heterocycles. The quantitative estimate of drug-likeness (QED) is 0.282. The van der Waals surface area contributed by atoms with E-state index in [1.54, 1.807) is 0 Å². The number of imide groups is 1. The van der Waals surface area contributed by atoms with Crippen molar-refractivity contribution in [2.24, 2.45) is 0 Å². The summed E-state index contributed by atoms with van der Waals surface area (Å²) in [5, 5.41) is 0.443. The molecule has 1 heterocycles. The minimum atomic E-state index is -0.803. The molecule has 12 heteroatoms. The molecule has 30 heavy (non-hydrogen) atoms. The Balaban J connectivity index is 2.34. The maximum atomic E-state index is 12.2. The predicted octanol–water partition coefficient (Wildman–Crippen LogP) is -1.66. The van der Waals surface area contributed by atoms with E-state index in [1.165, 1.54) is 26.0 Å². The fourth-order valence-electron chi connectivity index (χ4n) is 2.42. The lowest BCUT2D eigenvalue weighted by molar-refractivity contribution is -0.197. The first-order valence-corrected chi connectivity index (χ1v) is 9.29. The van der Waals surface area contributed by atoms with Crippen molar-refractivity contribution in [3.63, 3.8) is 0 Å². The van der Waals surface area contributed by atoms with Crippen LogP contribution < -0.4 is 0 Å². The van der Waals surface area contributed by atoms with Crippen LogP contribution in [-0.4, -0.2) is 102 Å². The monoisotopic (exact) mass is 426 g/mol. The van der Waals surface area contributed by atoms with Crippen molar-refractivity contribution in [2.45, 2.75) is 32.1 Å². The van der Waals surface area contributed by atoms with Crippen molar-refractivity contribution in [1.29, 1.82) is 0 Å². The topological polar surface area (TPSA) is 142 Å². The van der Waals surface area contributed by atoms with Gasteiger partial charge in [-0.15, -0.1) is 5.06 Å². The molecule has 0 aromatic heterocycles. The molecule has 1 fully saturated rings. The largest absolute Gasteiger partial charge is 0.337 e. The lowest BCUT2D eigenvalue weighted by atomic mass is 10.2. The molecule has 1 rings (SSSR count). The Hall–Kier alpha value is -3.31. The Bertz CT molecular complexity index is 707. The van der Waals surface area contributed by atoms with E-state index in [-0.39, 0.29) is 51.7 Å². The Labute approximate surface area is 173 Å². The number of carbonyl (C=O) groups is 7. The number of hydrogen-bond acceptors (Lipinski definition) is 8. The minimum Gasteiger partial charge on any atom is -0.337 e. The summed E-state index contributed by atoms with van der Waals surface area (Å²) in [5.41, 5.74) is 0. The summed E-state index contributed by atoms with van der Waals surface area (Å²) in [6.45, 7) is -0.575. The summed E-state index contributed by atoms with van der Waals surface area (Å²) < 4.78 is 0. The van der Waals surface area contributed by atoms with Gasteiger partial charge in [-0.3, -0.25) is 24.0 Å². The van der Waals surface area contributed by atoms with Gasteiger partial charge in [-0.05, 0) is 6.42 Å². The van der Waals surface area contributed by atoms with Crippen LogP contribution in [0.5, 0.6) is 0 Å². The molecule has 0 saturated carbocycles. The van der Waals surface area contributed by atoms with Gasteiger partial charge in [0.05, 0.1) is 19.6 Å². The highest BCUT2D eigenvalue weighted by molar-refractivity contribution is 6.01. The summed E-state index contributed by atoms with van der Waals surface area (Å²) in [6, 6.07) is 0. The zero-order chi connectivity index (χ0) is 22.8. The van der Waals surface area contributed by atoms with Crippen LogP contribution in [0.1, 0.15) is 32.1 Å². The van der Waals surface area contributed by atoms with E-state index in [9.17, 15) is 33.6 Å². The van der Waals surface area contributed by atoms with Crippen molar-refractivity contribution in [3.05, 3.63) is 0 Å². The molecule has 1 aliphatic rings. The van der Waals surface area contributed by atoms with Crippen molar-refractivity contribution in [3.8, 4) is 0 Å². The van der Waals surface area contributed by atoms with Crippen molar-refractivity contribution < 1.29 is 38.4 Å². The van der Waals surface area contributed by atoms with Gasteiger partial charge in [0.25, 0.3) is 11.8 Å². The fraction of sp³-hybridized carbons (Fsp3) is 0.611. The second-order valence-corrected chi connectivity index (χ2v) is 6.84. The minimum absolute atomic E-state index is 0.00313. The summed E-state index contributed by atoms with van der Waals surface area (Å²) >= 11 is 0. The van der Waals surface area contributed by atoms with Crippen LogP contribution in [-0.2, 0) is 38.4 Å². The van der Waals surface area contributed by atoms with Crippen molar-refractivity contribution in [2.75, 3.05) is 40.8 Å². The van der Waals surface area contributed by atoms with E-state index in [0.29, 0.717) is 11.3 Å². The molecule has 0 atom stereocenters. The molecule has 0 bridgehead atoms. The van der Waals surface area contributed by atoms with Gasteiger partial charge in [0, 0.05) is 46.8 Å². The Morgan fingerprint density at radius 2 is 1.37 bits per heavy atom. The van der Waals surface area contributed by atoms with Gasteiger partial charge >= 0.3 is 5.97 Å². The van der Waals surface area contributed by atoms with Crippen LogP contribution in [0, 0.1) is 0 Å². The van der Waals surface area contributed by atoms with Crippen molar-refractivity contribution >= 4 is 41.8 Å². The van der Waals surface area contributed by atoms with Crippen LogP contribution in [0.3, 0.4) is 0 Å². The molecule has 0 unspecified atom stereocenters. The molecule has 166 valence electrons. The van der Waals surface area contributed by atoms with Crippen LogP contribution in [0.2, 0.25) is 0 Å². The van der Waals surface area contributed by atoms with Gasteiger partial charge < -0.3 is 24.3 Å². The van der Waals surface area contributed by atoms with E-state index < -0.39 is 35.5 Å². The number of nitrogens with zero attached hydrogens (tertiary/aromatic N) is 4. The van der Waals surface area contributed by atoms with Gasteiger partial charge in [0.15, 0.2) is 0 Å². The molecule has 5 amide bonds. The summed E-state index contributed by atoms with van der Waals surface area (Å²) in [4.78, 5) is 89.2. The van der Waals surface area contributed by atoms with Crippen LogP contribution in [0.4, 0.5) is 0 Å². The maximum Gasteiger partial charge on any atom is 0.333 e. The van der Waals surface area contributed by atoms with Gasteiger partial charge in [0.2, 0.25) is 17.7 Å². The van der Waals surface area contributed by atoms with E-state index in [4.69, 9.17) is 4.84 Å². The van der Waals surface area contributed by atoms with Gasteiger partial charge in [0.1, 0.15) is 6.29 Å². The number of hydroxylamine groups is 2. The van der Waals surface area contributed by atoms with Gasteiger partial charge in [-0.25, -0.2) is 4.79 Å². The first-order chi connectivity index (χ1) is 14.1. The highest BCUT2D eigenvalue weighted by Gasteiger charge is 2.32. The highest BCUT2D eigenvalue weighted by Crippen LogP contribution is 2.13. The molecule has 1 saturated heterocycles. The van der Waals surface area contributed by atoms with Crippen LogP contribution in [0.15, 0.2) is 0 Å². The highest BCUT2D eigenvalue weighted by atomic mass is 16.7. The second-order valence-electron chi connectivity index (χ2n) is 6.84. The predicted molar refractivity (Wildman–Crippen MR) is 100 cm³/mol. The number of carbonyl (C=O) groups excluding carboxylic acids is 7. The lowest BCUT2D eigenvalue weighted by Crippen LogP contribution is -2.44. The molecular weight excluding hydrogens is 400 g/mol.